The molecule has 2 aliphatic rings. The van der Waals surface area contributed by atoms with E-state index >= 15 is 0 Å². The zero-order valence-electron chi connectivity index (χ0n) is 20.5. The number of alkyl halides is 2. The number of amides is 1. The Morgan fingerprint density at radius 3 is 2.39 bits per heavy atom. The molecule has 0 radical (unpaired) electrons. The summed E-state index contributed by atoms with van der Waals surface area (Å²) in [5.74, 6) is -2.47. The topological polar surface area (TPSA) is 63.5 Å². The first kappa shape index (κ1) is 24.9. The Kier molecular flexibility index (Phi) is 6.87. The molecule has 0 N–H and O–H groups in total. The number of carbonyl (C=O) groups excluding carboxylic acids is 1. The van der Waals surface area contributed by atoms with Crippen LogP contribution in [0.2, 0.25) is 5.02 Å². The van der Waals surface area contributed by atoms with Crippen LogP contribution in [0.25, 0.3) is 16.6 Å². The van der Waals surface area contributed by atoms with Crippen molar-refractivity contribution in [1.29, 1.82) is 0 Å². The third-order valence-corrected chi connectivity index (χ3v) is 7.46. The number of aromatic nitrogens is 3. The van der Waals surface area contributed by atoms with Gasteiger partial charge in [-0.15, -0.1) is 0 Å². The molecule has 0 spiro atoms. The quantitative estimate of drug-likeness (QED) is 0.465. The standard InChI is InChI=1S/C26H30ClF2N5O2/c1-17(2)32-7-3-20(4-8-32)36-24-12-18-11-23(25(35)33-9-5-26(28,29)6-10-33)34(22(18)13-21(24)27)19-14-30-16-31-15-19/h11-17,20H,3-10H2,1-2H3. The molecule has 36 heavy (non-hydrogen) atoms. The van der Waals surface area contributed by atoms with Crippen LogP contribution in [0.1, 0.15) is 50.0 Å². The first-order chi connectivity index (χ1) is 17.2. The molecule has 1 aromatic carbocycles. The predicted molar refractivity (Wildman–Crippen MR) is 134 cm³/mol. The summed E-state index contributed by atoms with van der Waals surface area (Å²) < 4.78 is 35.5. The average molecular weight is 518 g/mol. The minimum atomic E-state index is -2.73. The smallest absolute Gasteiger partial charge is 0.270 e. The van der Waals surface area contributed by atoms with Gasteiger partial charge < -0.3 is 19.1 Å². The second-order valence-corrected chi connectivity index (χ2v) is 10.3. The Labute approximate surface area is 214 Å². The second kappa shape index (κ2) is 9.94. The van der Waals surface area contributed by atoms with Gasteiger partial charge in [0, 0.05) is 50.4 Å². The molecule has 2 aliphatic heterocycles. The van der Waals surface area contributed by atoms with Crippen LogP contribution >= 0.6 is 11.6 Å². The van der Waals surface area contributed by atoms with Crippen LogP contribution in [0.3, 0.4) is 0 Å². The van der Waals surface area contributed by atoms with Gasteiger partial charge in [-0.25, -0.2) is 18.7 Å². The van der Waals surface area contributed by atoms with Crippen LogP contribution in [0.5, 0.6) is 5.75 Å². The molecule has 2 saturated heterocycles. The molecular formula is C26H30ClF2N5O2. The Bertz CT molecular complexity index is 1230. The zero-order chi connectivity index (χ0) is 25.4. The highest BCUT2D eigenvalue weighted by molar-refractivity contribution is 6.33. The van der Waals surface area contributed by atoms with Crippen LogP contribution in [0.4, 0.5) is 8.78 Å². The maximum absolute atomic E-state index is 13.7. The second-order valence-electron chi connectivity index (χ2n) is 9.90. The molecule has 7 nitrogen and oxygen atoms in total. The monoisotopic (exact) mass is 517 g/mol. The number of likely N-dealkylation sites (tertiary alicyclic amines) is 2. The van der Waals surface area contributed by atoms with Gasteiger partial charge >= 0.3 is 0 Å². The molecule has 0 saturated carbocycles. The van der Waals surface area contributed by atoms with Crippen LogP contribution < -0.4 is 4.74 Å². The first-order valence-corrected chi connectivity index (χ1v) is 12.8. The molecule has 0 atom stereocenters. The van der Waals surface area contributed by atoms with Crippen molar-refractivity contribution in [1.82, 2.24) is 24.3 Å². The number of hydrogen-bond donors (Lipinski definition) is 0. The van der Waals surface area contributed by atoms with Gasteiger partial charge in [0.05, 0.1) is 28.6 Å². The molecule has 192 valence electrons. The fourth-order valence-electron chi connectivity index (χ4n) is 5.03. The lowest BCUT2D eigenvalue weighted by Gasteiger charge is -2.34. The Balaban J connectivity index is 1.47. The van der Waals surface area contributed by atoms with Crippen molar-refractivity contribution >= 4 is 28.4 Å². The van der Waals surface area contributed by atoms with Crippen molar-refractivity contribution in [2.75, 3.05) is 26.2 Å². The summed E-state index contributed by atoms with van der Waals surface area (Å²) in [5.41, 5.74) is 1.63. The number of rotatable bonds is 5. The van der Waals surface area contributed by atoms with Gasteiger partial charge in [-0.2, -0.15) is 0 Å². The van der Waals surface area contributed by atoms with Gasteiger partial charge in [-0.3, -0.25) is 4.79 Å². The van der Waals surface area contributed by atoms with Gasteiger partial charge in [0.2, 0.25) is 0 Å². The van der Waals surface area contributed by atoms with Crippen molar-refractivity contribution < 1.29 is 18.3 Å². The molecule has 4 heterocycles. The molecule has 10 heteroatoms. The number of piperidine rings is 2. The van der Waals surface area contributed by atoms with Crippen molar-refractivity contribution in [2.45, 2.75) is 57.6 Å². The lowest BCUT2D eigenvalue weighted by Crippen LogP contribution is -2.43. The normalized spacial score (nSPS) is 19.2. The average Bonchev–Trinajstić information content (AvgIpc) is 3.22. The third kappa shape index (κ3) is 5.04. The van der Waals surface area contributed by atoms with E-state index in [4.69, 9.17) is 16.3 Å². The molecule has 1 amide bonds. The number of fused-ring (bicyclic) bond motifs is 1. The molecular weight excluding hydrogens is 488 g/mol. The molecule has 3 aromatic rings. The number of hydrogen-bond acceptors (Lipinski definition) is 5. The van der Waals surface area contributed by atoms with E-state index in [9.17, 15) is 13.6 Å². The maximum Gasteiger partial charge on any atom is 0.270 e. The van der Waals surface area contributed by atoms with Crippen LogP contribution in [-0.2, 0) is 0 Å². The van der Waals surface area contributed by atoms with E-state index in [1.165, 1.54) is 11.2 Å². The summed E-state index contributed by atoms with van der Waals surface area (Å²) in [5, 5.41) is 1.21. The minimum absolute atomic E-state index is 0.00282. The predicted octanol–water partition coefficient (Wildman–Crippen LogP) is 5.20. The Hall–Kier alpha value is -2.78. The molecule has 0 unspecified atom stereocenters. The highest BCUT2D eigenvalue weighted by Gasteiger charge is 2.36. The number of carbonyl (C=O) groups is 1. The fraction of sp³-hybridized carbons (Fsp3) is 0.500. The highest BCUT2D eigenvalue weighted by Crippen LogP contribution is 2.36. The van der Waals surface area contributed by atoms with Gasteiger partial charge in [0.1, 0.15) is 23.9 Å². The summed E-state index contributed by atoms with van der Waals surface area (Å²) in [4.78, 5) is 25.6. The summed E-state index contributed by atoms with van der Waals surface area (Å²) in [6.07, 6.45) is 5.84. The summed E-state index contributed by atoms with van der Waals surface area (Å²) in [6.45, 7) is 6.34. The lowest BCUT2D eigenvalue weighted by molar-refractivity contribution is -0.0495. The summed E-state index contributed by atoms with van der Waals surface area (Å²) >= 11 is 6.67. The molecule has 2 aromatic heterocycles. The maximum atomic E-state index is 13.7. The molecule has 2 fully saturated rings. The third-order valence-electron chi connectivity index (χ3n) is 7.16. The molecule has 0 bridgehead atoms. The molecule has 0 aliphatic carbocycles. The first-order valence-electron chi connectivity index (χ1n) is 12.4. The number of benzene rings is 1. The summed E-state index contributed by atoms with van der Waals surface area (Å²) in [6, 6.07) is 5.91. The Morgan fingerprint density at radius 2 is 1.75 bits per heavy atom. The van der Waals surface area contributed by atoms with E-state index in [0.29, 0.717) is 33.7 Å². The Morgan fingerprint density at radius 1 is 1.08 bits per heavy atom. The number of halogens is 3. The fourth-order valence-corrected chi connectivity index (χ4v) is 5.23. The van der Waals surface area contributed by atoms with Crippen LogP contribution in [-0.4, -0.2) is 74.5 Å². The van der Waals surface area contributed by atoms with E-state index in [1.54, 1.807) is 29.1 Å². The van der Waals surface area contributed by atoms with Crippen LogP contribution in [0.15, 0.2) is 36.9 Å². The van der Waals surface area contributed by atoms with E-state index in [2.05, 4.69) is 28.7 Å². The minimum Gasteiger partial charge on any atom is -0.489 e. The number of nitrogens with zero attached hydrogens (tertiary/aromatic N) is 5. The van der Waals surface area contributed by atoms with Crippen molar-refractivity contribution in [2.24, 2.45) is 0 Å². The lowest BCUT2D eigenvalue weighted by atomic mass is 10.1. The van der Waals surface area contributed by atoms with Crippen molar-refractivity contribution in [3.8, 4) is 11.4 Å². The van der Waals surface area contributed by atoms with E-state index in [-0.39, 0.29) is 37.9 Å². The SMILES string of the molecule is CC(C)N1CCC(Oc2cc3cc(C(=O)N4CCC(F)(F)CC4)n(-c4cncnc4)c3cc2Cl)CC1. The van der Waals surface area contributed by atoms with E-state index in [0.717, 1.165) is 31.3 Å². The molecule has 5 rings (SSSR count). The van der Waals surface area contributed by atoms with Gasteiger partial charge in [0.15, 0.2) is 0 Å². The number of ether oxygens (including phenoxy) is 1. The van der Waals surface area contributed by atoms with E-state index < -0.39 is 5.92 Å². The van der Waals surface area contributed by atoms with Gasteiger partial charge in [-0.05, 0) is 44.9 Å². The zero-order valence-corrected chi connectivity index (χ0v) is 21.2. The van der Waals surface area contributed by atoms with Gasteiger partial charge in [0.25, 0.3) is 11.8 Å². The largest absolute Gasteiger partial charge is 0.489 e. The van der Waals surface area contributed by atoms with E-state index in [1.807, 2.05) is 6.07 Å². The van der Waals surface area contributed by atoms with Crippen LogP contribution in [0, 0.1) is 0 Å². The summed E-state index contributed by atoms with van der Waals surface area (Å²) in [7, 11) is 0. The highest BCUT2D eigenvalue weighted by atomic mass is 35.5. The van der Waals surface area contributed by atoms with Gasteiger partial charge in [-0.1, -0.05) is 11.6 Å². The van der Waals surface area contributed by atoms with Crippen molar-refractivity contribution in [3.63, 3.8) is 0 Å². The van der Waals surface area contributed by atoms with Crippen molar-refractivity contribution in [3.05, 3.63) is 47.6 Å².